The highest BCUT2D eigenvalue weighted by molar-refractivity contribution is 5.56. The van der Waals surface area contributed by atoms with Gasteiger partial charge in [0.1, 0.15) is 0 Å². The van der Waals surface area contributed by atoms with Crippen LogP contribution in [0.5, 0.6) is 0 Å². The summed E-state index contributed by atoms with van der Waals surface area (Å²) >= 11 is 0. The summed E-state index contributed by atoms with van der Waals surface area (Å²) in [6.07, 6.45) is 4.83. The molecule has 0 spiro atoms. The Morgan fingerprint density at radius 2 is 1.88 bits per heavy atom. The first-order valence-corrected chi connectivity index (χ1v) is 5.08. The molecule has 0 atom stereocenters. The van der Waals surface area contributed by atoms with Gasteiger partial charge in [-0.3, -0.25) is 14.5 Å². The molecule has 6 heteroatoms. The van der Waals surface area contributed by atoms with Crippen molar-refractivity contribution in [1.82, 2.24) is 24.1 Å². The highest BCUT2D eigenvalue weighted by Crippen LogP contribution is 2.15. The van der Waals surface area contributed by atoms with Crippen LogP contribution in [-0.2, 0) is 7.05 Å². The van der Waals surface area contributed by atoms with Gasteiger partial charge in [-0.25, -0.2) is 4.98 Å². The van der Waals surface area contributed by atoms with E-state index in [1.165, 1.54) is 16.8 Å². The molecule has 0 fully saturated rings. The minimum absolute atomic E-state index is 0.148. The Bertz CT molecular complexity index is 728. The van der Waals surface area contributed by atoms with E-state index >= 15 is 0 Å². The second-order valence-corrected chi connectivity index (χ2v) is 3.59. The minimum Gasteiger partial charge on any atom is -0.267 e. The van der Waals surface area contributed by atoms with E-state index in [0.29, 0.717) is 11.6 Å². The zero-order valence-electron chi connectivity index (χ0n) is 9.11. The van der Waals surface area contributed by atoms with Crippen LogP contribution >= 0.6 is 0 Å². The molecule has 0 bridgehead atoms. The lowest BCUT2D eigenvalue weighted by molar-refractivity contribution is 0.686. The summed E-state index contributed by atoms with van der Waals surface area (Å²) in [4.78, 5) is 24.0. The van der Waals surface area contributed by atoms with Crippen molar-refractivity contribution < 1.29 is 0 Å². The molecule has 0 unspecified atom stereocenters. The average Bonchev–Trinajstić information content (AvgIpc) is 2.69. The molecule has 0 amide bonds. The number of pyridine rings is 1. The standard InChI is InChI=1S/C11H9N5O/c1-15-10(8-2-5-12-6-3-8)14-11-13-7-4-9(17)16(11)15/h2-7H,1H3. The molecule has 3 heterocycles. The maximum absolute atomic E-state index is 11.7. The molecule has 3 aromatic rings. The summed E-state index contributed by atoms with van der Waals surface area (Å²) in [5.41, 5.74) is 0.748. The maximum atomic E-state index is 11.7. The molecular formula is C11H9N5O. The predicted molar refractivity (Wildman–Crippen MR) is 61.5 cm³/mol. The molecule has 6 nitrogen and oxygen atoms in total. The van der Waals surface area contributed by atoms with Crippen molar-refractivity contribution in [2.45, 2.75) is 0 Å². The molecule has 0 radical (unpaired) electrons. The van der Waals surface area contributed by atoms with E-state index in [9.17, 15) is 4.79 Å². The van der Waals surface area contributed by atoms with Crippen LogP contribution < -0.4 is 5.56 Å². The van der Waals surface area contributed by atoms with E-state index in [4.69, 9.17) is 0 Å². The van der Waals surface area contributed by atoms with Crippen LogP contribution in [0, 0.1) is 0 Å². The van der Waals surface area contributed by atoms with Crippen LogP contribution in [0.25, 0.3) is 17.2 Å². The maximum Gasteiger partial charge on any atom is 0.274 e. The minimum atomic E-state index is -0.148. The van der Waals surface area contributed by atoms with Gasteiger partial charge >= 0.3 is 0 Å². The summed E-state index contributed by atoms with van der Waals surface area (Å²) in [7, 11) is 1.78. The lowest BCUT2D eigenvalue weighted by atomic mass is 10.2. The third kappa shape index (κ3) is 1.42. The summed E-state index contributed by atoms with van der Waals surface area (Å²) < 4.78 is 3.11. The molecule has 0 saturated heterocycles. The first kappa shape index (κ1) is 9.71. The Balaban J connectivity index is 2.37. The molecule has 3 rings (SSSR count). The fourth-order valence-corrected chi connectivity index (χ4v) is 1.76. The number of aromatic nitrogens is 5. The third-order valence-corrected chi connectivity index (χ3v) is 2.56. The molecule has 0 aliphatic carbocycles. The number of aryl methyl sites for hydroxylation is 1. The second-order valence-electron chi connectivity index (χ2n) is 3.59. The van der Waals surface area contributed by atoms with Crippen molar-refractivity contribution in [3.8, 4) is 11.4 Å². The summed E-state index contributed by atoms with van der Waals surface area (Å²) in [6, 6.07) is 5.09. The first-order valence-electron chi connectivity index (χ1n) is 5.08. The Morgan fingerprint density at radius 1 is 1.12 bits per heavy atom. The van der Waals surface area contributed by atoms with Crippen molar-refractivity contribution in [3.63, 3.8) is 0 Å². The van der Waals surface area contributed by atoms with E-state index in [0.717, 1.165) is 5.56 Å². The highest BCUT2D eigenvalue weighted by atomic mass is 16.1. The number of hydrogen-bond acceptors (Lipinski definition) is 4. The number of fused-ring (bicyclic) bond motifs is 1. The van der Waals surface area contributed by atoms with Gasteiger partial charge in [-0.05, 0) is 12.1 Å². The molecule has 0 aromatic carbocycles. The normalized spacial score (nSPS) is 10.9. The summed E-state index contributed by atoms with van der Waals surface area (Å²) in [6.45, 7) is 0. The average molecular weight is 227 g/mol. The van der Waals surface area contributed by atoms with E-state index in [-0.39, 0.29) is 5.56 Å². The molecule has 0 N–H and O–H groups in total. The zero-order chi connectivity index (χ0) is 11.8. The Labute approximate surface area is 96.2 Å². The third-order valence-electron chi connectivity index (χ3n) is 2.56. The summed E-state index contributed by atoms with van der Waals surface area (Å²) in [5.74, 6) is 1.08. The molecule has 0 aliphatic rings. The molecule has 3 aromatic heterocycles. The van der Waals surface area contributed by atoms with Gasteiger partial charge < -0.3 is 0 Å². The van der Waals surface area contributed by atoms with Crippen LogP contribution in [0.3, 0.4) is 0 Å². The highest BCUT2D eigenvalue weighted by Gasteiger charge is 2.10. The van der Waals surface area contributed by atoms with Gasteiger partial charge in [-0.15, -0.1) is 0 Å². The van der Waals surface area contributed by atoms with Crippen molar-refractivity contribution in [3.05, 3.63) is 47.1 Å². The number of nitrogens with zero attached hydrogens (tertiary/aromatic N) is 5. The monoisotopic (exact) mass is 227 g/mol. The lowest BCUT2D eigenvalue weighted by Crippen LogP contribution is -2.18. The van der Waals surface area contributed by atoms with Gasteiger partial charge in [0, 0.05) is 37.3 Å². The van der Waals surface area contributed by atoms with Crippen LogP contribution in [0.2, 0.25) is 0 Å². The van der Waals surface area contributed by atoms with Crippen molar-refractivity contribution in [1.29, 1.82) is 0 Å². The van der Waals surface area contributed by atoms with Crippen LogP contribution in [-0.4, -0.2) is 24.1 Å². The van der Waals surface area contributed by atoms with Crippen molar-refractivity contribution >= 4 is 5.78 Å². The second kappa shape index (κ2) is 3.51. The molecule has 0 aliphatic heterocycles. The van der Waals surface area contributed by atoms with E-state index in [1.54, 1.807) is 24.1 Å². The molecule has 17 heavy (non-hydrogen) atoms. The van der Waals surface area contributed by atoms with Crippen LogP contribution in [0.15, 0.2) is 41.6 Å². The number of hydrogen-bond donors (Lipinski definition) is 0. The molecule has 0 saturated carbocycles. The van der Waals surface area contributed by atoms with E-state index in [2.05, 4.69) is 15.0 Å². The Morgan fingerprint density at radius 3 is 2.59 bits per heavy atom. The molecule has 84 valence electrons. The van der Waals surface area contributed by atoms with Crippen LogP contribution in [0.1, 0.15) is 0 Å². The predicted octanol–water partition coefficient (Wildman–Crippen LogP) is 0.490. The summed E-state index contributed by atoms with van der Waals surface area (Å²) in [5, 5.41) is 0. The van der Waals surface area contributed by atoms with Gasteiger partial charge in [-0.1, -0.05) is 0 Å². The molecular weight excluding hydrogens is 218 g/mol. The van der Waals surface area contributed by atoms with Gasteiger partial charge in [0.25, 0.3) is 11.3 Å². The smallest absolute Gasteiger partial charge is 0.267 e. The van der Waals surface area contributed by atoms with Crippen LogP contribution in [0.4, 0.5) is 0 Å². The lowest BCUT2D eigenvalue weighted by Gasteiger charge is -2.01. The van der Waals surface area contributed by atoms with Gasteiger partial charge in [0.2, 0.25) is 0 Å². The zero-order valence-corrected chi connectivity index (χ0v) is 9.11. The topological polar surface area (TPSA) is 65.1 Å². The Kier molecular flexibility index (Phi) is 2.01. The van der Waals surface area contributed by atoms with Gasteiger partial charge in [0.05, 0.1) is 0 Å². The first-order chi connectivity index (χ1) is 8.27. The van der Waals surface area contributed by atoms with Gasteiger partial charge in [0.15, 0.2) is 5.82 Å². The number of rotatable bonds is 1. The largest absolute Gasteiger partial charge is 0.274 e. The van der Waals surface area contributed by atoms with Crippen molar-refractivity contribution in [2.75, 3.05) is 0 Å². The van der Waals surface area contributed by atoms with Gasteiger partial charge in [-0.2, -0.15) is 9.50 Å². The van der Waals surface area contributed by atoms with E-state index < -0.39 is 0 Å². The Hall–Kier alpha value is -2.50. The van der Waals surface area contributed by atoms with E-state index in [1.807, 2.05) is 12.1 Å². The SMILES string of the molecule is Cn1c(-c2ccncc2)nc2nccc(=O)n21. The van der Waals surface area contributed by atoms with Crippen molar-refractivity contribution in [2.24, 2.45) is 7.05 Å². The fraction of sp³-hybridized carbons (Fsp3) is 0.0909. The fourth-order valence-electron chi connectivity index (χ4n) is 1.76. The quantitative estimate of drug-likeness (QED) is 0.607.